The fraction of sp³-hybridized carbons (Fsp3) is 0.389. The zero-order valence-electron chi connectivity index (χ0n) is 13.1. The largest absolute Gasteiger partial charge is 0.489 e. The molecule has 1 heterocycles. The molecular formula is C18H24N2O. The van der Waals surface area contributed by atoms with Gasteiger partial charge < -0.3 is 10.1 Å². The molecular weight excluding hydrogens is 260 g/mol. The summed E-state index contributed by atoms with van der Waals surface area (Å²) in [7, 11) is 0. The number of benzene rings is 1. The monoisotopic (exact) mass is 284 g/mol. The Bertz CT molecular complexity index is 547. The number of para-hydroxylation sites is 1. The zero-order chi connectivity index (χ0) is 15.1. The van der Waals surface area contributed by atoms with Gasteiger partial charge in [-0.1, -0.05) is 45.0 Å². The molecule has 0 aliphatic carbocycles. The first-order chi connectivity index (χ1) is 10.0. The maximum Gasteiger partial charge on any atom is 0.124 e. The highest BCUT2D eigenvalue weighted by Crippen LogP contribution is 2.19. The van der Waals surface area contributed by atoms with Crippen molar-refractivity contribution in [1.82, 2.24) is 10.3 Å². The quantitative estimate of drug-likeness (QED) is 0.876. The summed E-state index contributed by atoms with van der Waals surface area (Å²) in [6, 6.07) is 12.1. The maximum atomic E-state index is 5.93. The van der Waals surface area contributed by atoms with E-state index in [1.54, 1.807) is 6.20 Å². The molecule has 21 heavy (non-hydrogen) atoms. The van der Waals surface area contributed by atoms with Crippen molar-refractivity contribution in [3.63, 3.8) is 0 Å². The number of aromatic nitrogens is 1. The van der Waals surface area contributed by atoms with Crippen molar-refractivity contribution in [2.24, 2.45) is 5.41 Å². The van der Waals surface area contributed by atoms with Crippen LogP contribution in [-0.2, 0) is 13.2 Å². The van der Waals surface area contributed by atoms with Gasteiger partial charge >= 0.3 is 0 Å². The number of hydrogen-bond acceptors (Lipinski definition) is 3. The first kappa shape index (κ1) is 15.5. The van der Waals surface area contributed by atoms with E-state index < -0.39 is 0 Å². The third kappa shape index (κ3) is 5.56. The van der Waals surface area contributed by atoms with Gasteiger partial charge in [0, 0.05) is 36.6 Å². The number of pyridine rings is 1. The van der Waals surface area contributed by atoms with E-state index in [9.17, 15) is 0 Å². The van der Waals surface area contributed by atoms with E-state index >= 15 is 0 Å². The van der Waals surface area contributed by atoms with Crippen molar-refractivity contribution < 1.29 is 4.74 Å². The molecule has 2 rings (SSSR count). The normalized spacial score (nSPS) is 11.4. The summed E-state index contributed by atoms with van der Waals surface area (Å²) >= 11 is 0. The van der Waals surface area contributed by atoms with E-state index in [0.29, 0.717) is 6.61 Å². The van der Waals surface area contributed by atoms with Crippen LogP contribution in [-0.4, -0.2) is 11.5 Å². The lowest BCUT2D eigenvalue weighted by atomic mass is 9.97. The maximum absolute atomic E-state index is 5.93. The molecule has 0 saturated carbocycles. The second kappa shape index (κ2) is 7.23. The minimum atomic E-state index is 0.283. The van der Waals surface area contributed by atoms with Crippen LogP contribution in [0.15, 0.2) is 48.8 Å². The Balaban J connectivity index is 1.93. The second-order valence-corrected chi connectivity index (χ2v) is 6.42. The molecule has 0 bridgehead atoms. The SMILES string of the molecule is CC(C)(C)CNCc1ccccc1OCc1cccnc1. The Morgan fingerprint density at radius 1 is 1.10 bits per heavy atom. The van der Waals surface area contributed by atoms with E-state index in [-0.39, 0.29) is 5.41 Å². The molecule has 0 spiro atoms. The molecule has 0 saturated heterocycles. The summed E-state index contributed by atoms with van der Waals surface area (Å²) in [5, 5.41) is 3.49. The van der Waals surface area contributed by atoms with Crippen LogP contribution >= 0.6 is 0 Å². The van der Waals surface area contributed by atoms with Crippen molar-refractivity contribution >= 4 is 0 Å². The third-order valence-corrected chi connectivity index (χ3v) is 3.06. The Morgan fingerprint density at radius 3 is 2.62 bits per heavy atom. The smallest absolute Gasteiger partial charge is 0.124 e. The molecule has 1 aromatic heterocycles. The van der Waals surface area contributed by atoms with Gasteiger partial charge in [-0.05, 0) is 17.5 Å². The van der Waals surface area contributed by atoms with Gasteiger partial charge in [-0.2, -0.15) is 0 Å². The second-order valence-electron chi connectivity index (χ2n) is 6.42. The first-order valence-corrected chi connectivity index (χ1v) is 7.35. The summed E-state index contributed by atoms with van der Waals surface area (Å²) in [6.07, 6.45) is 3.61. The minimum absolute atomic E-state index is 0.283. The highest BCUT2D eigenvalue weighted by Gasteiger charge is 2.10. The third-order valence-electron chi connectivity index (χ3n) is 3.06. The summed E-state index contributed by atoms with van der Waals surface area (Å²) in [5.74, 6) is 0.933. The standard InChI is InChI=1S/C18H24N2O/c1-18(2,3)14-20-12-16-8-4-5-9-17(16)21-13-15-7-6-10-19-11-15/h4-11,20H,12-14H2,1-3H3. The van der Waals surface area contributed by atoms with Crippen LogP contribution in [0.2, 0.25) is 0 Å². The molecule has 0 aliphatic heterocycles. The van der Waals surface area contributed by atoms with Gasteiger partial charge in [0.1, 0.15) is 12.4 Å². The molecule has 3 nitrogen and oxygen atoms in total. The van der Waals surface area contributed by atoms with Gasteiger partial charge in [0.15, 0.2) is 0 Å². The van der Waals surface area contributed by atoms with Crippen LogP contribution in [0.3, 0.4) is 0 Å². The van der Waals surface area contributed by atoms with Crippen LogP contribution in [0, 0.1) is 5.41 Å². The molecule has 0 atom stereocenters. The van der Waals surface area contributed by atoms with Crippen LogP contribution in [0.4, 0.5) is 0 Å². The summed E-state index contributed by atoms with van der Waals surface area (Å²) < 4.78 is 5.93. The summed E-state index contributed by atoms with van der Waals surface area (Å²) in [4.78, 5) is 4.10. The lowest BCUT2D eigenvalue weighted by Gasteiger charge is -2.19. The fourth-order valence-corrected chi connectivity index (χ4v) is 2.01. The molecule has 0 fully saturated rings. The first-order valence-electron chi connectivity index (χ1n) is 7.35. The molecule has 0 unspecified atom stereocenters. The summed E-state index contributed by atoms with van der Waals surface area (Å²) in [6.45, 7) is 9.02. The van der Waals surface area contributed by atoms with Crippen molar-refractivity contribution in [3.05, 3.63) is 59.9 Å². The molecule has 2 aromatic rings. The Labute approximate surface area is 127 Å². The van der Waals surface area contributed by atoms with Gasteiger partial charge in [-0.15, -0.1) is 0 Å². The van der Waals surface area contributed by atoms with E-state index in [1.165, 1.54) is 5.56 Å². The van der Waals surface area contributed by atoms with E-state index in [0.717, 1.165) is 24.4 Å². The van der Waals surface area contributed by atoms with E-state index in [4.69, 9.17) is 4.74 Å². The Hall–Kier alpha value is -1.87. The average molecular weight is 284 g/mol. The van der Waals surface area contributed by atoms with Gasteiger partial charge in [-0.25, -0.2) is 0 Å². The summed E-state index contributed by atoms with van der Waals surface area (Å²) in [5.41, 5.74) is 2.55. The zero-order valence-corrected chi connectivity index (χ0v) is 13.1. The molecule has 0 aliphatic rings. The van der Waals surface area contributed by atoms with Crippen molar-refractivity contribution in [1.29, 1.82) is 0 Å². The van der Waals surface area contributed by atoms with Gasteiger partial charge in [0.25, 0.3) is 0 Å². The van der Waals surface area contributed by atoms with Gasteiger partial charge in [0.2, 0.25) is 0 Å². The number of nitrogens with one attached hydrogen (secondary N) is 1. The lowest BCUT2D eigenvalue weighted by molar-refractivity contribution is 0.300. The Kier molecular flexibility index (Phi) is 5.34. The number of hydrogen-bond donors (Lipinski definition) is 1. The van der Waals surface area contributed by atoms with Crippen LogP contribution < -0.4 is 10.1 Å². The topological polar surface area (TPSA) is 34.1 Å². The highest BCUT2D eigenvalue weighted by atomic mass is 16.5. The lowest BCUT2D eigenvalue weighted by Crippen LogP contribution is -2.26. The van der Waals surface area contributed by atoms with Crippen LogP contribution in [0.1, 0.15) is 31.9 Å². The molecule has 1 aromatic carbocycles. The van der Waals surface area contributed by atoms with Crippen LogP contribution in [0.5, 0.6) is 5.75 Å². The predicted octanol–water partition coefficient (Wildman–Crippen LogP) is 3.80. The number of ether oxygens (including phenoxy) is 1. The van der Waals surface area contributed by atoms with Crippen molar-refractivity contribution in [2.45, 2.75) is 33.9 Å². The molecule has 0 amide bonds. The Morgan fingerprint density at radius 2 is 1.90 bits per heavy atom. The van der Waals surface area contributed by atoms with Crippen molar-refractivity contribution in [3.8, 4) is 5.75 Å². The molecule has 1 N–H and O–H groups in total. The molecule has 112 valence electrons. The molecule has 3 heteroatoms. The van der Waals surface area contributed by atoms with Crippen LogP contribution in [0.25, 0.3) is 0 Å². The fourth-order valence-electron chi connectivity index (χ4n) is 2.01. The van der Waals surface area contributed by atoms with Gasteiger partial charge in [-0.3, -0.25) is 4.98 Å². The van der Waals surface area contributed by atoms with Gasteiger partial charge in [0.05, 0.1) is 0 Å². The predicted molar refractivity (Wildman–Crippen MR) is 86.2 cm³/mol. The van der Waals surface area contributed by atoms with E-state index in [1.807, 2.05) is 36.5 Å². The highest BCUT2D eigenvalue weighted by molar-refractivity contribution is 5.33. The number of nitrogens with zero attached hydrogens (tertiary/aromatic N) is 1. The molecule has 0 radical (unpaired) electrons. The van der Waals surface area contributed by atoms with Crippen molar-refractivity contribution in [2.75, 3.05) is 6.54 Å². The minimum Gasteiger partial charge on any atom is -0.489 e. The van der Waals surface area contributed by atoms with E-state index in [2.05, 4.69) is 37.1 Å². The number of rotatable bonds is 6. The average Bonchev–Trinajstić information content (AvgIpc) is 2.46.